The van der Waals surface area contributed by atoms with E-state index in [1.165, 1.54) is 0 Å². The van der Waals surface area contributed by atoms with E-state index < -0.39 is 10.1 Å². The number of aromatic nitrogens is 1. The van der Waals surface area contributed by atoms with Crippen molar-refractivity contribution in [2.75, 3.05) is 6.26 Å². The zero-order valence-corrected chi connectivity index (χ0v) is 12.1. The van der Waals surface area contributed by atoms with Crippen molar-refractivity contribution in [3.63, 3.8) is 0 Å². The van der Waals surface area contributed by atoms with Crippen LogP contribution in [0.4, 0.5) is 0 Å². The molecule has 0 N–H and O–H groups in total. The molecule has 0 aliphatic rings. The predicted octanol–water partition coefficient (Wildman–Crippen LogP) is 1.07. The smallest absolute Gasteiger partial charge is 0.256 e. The Balaban J connectivity index is 0.000000347. The molecule has 0 fully saturated rings. The Kier molecular flexibility index (Phi) is 5.91. The summed E-state index contributed by atoms with van der Waals surface area (Å²) in [5, 5.41) is 0. The van der Waals surface area contributed by atoms with Crippen molar-refractivity contribution < 1.29 is 17.5 Å². The fourth-order valence-corrected chi connectivity index (χ4v) is 1.31. The first-order valence-corrected chi connectivity index (χ1v) is 7.60. The Bertz CT molecular complexity index is 706. The lowest BCUT2D eigenvalue weighted by Crippen LogP contribution is -2.31. The summed E-state index contributed by atoms with van der Waals surface area (Å²) in [6, 6.07) is 16.0. The van der Waals surface area contributed by atoms with Crippen molar-refractivity contribution in [1.82, 2.24) is 0 Å². The van der Waals surface area contributed by atoms with Gasteiger partial charge in [0.05, 0.1) is 10.1 Å². The minimum Gasteiger partial charge on any atom is -0.748 e. The van der Waals surface area contributed by atoms with Crippen molar-refractivity contribution >= 4 is 10.1 Å². The Morgan fingerprint density at radius 1 is 1.00 bits per heavy atom. The lowest BCUT2D eigenvalue weighted by molar-refractivity contribution is -0.673. The normalized spacial score (nSPS) is 9.75. The van der Waals surface area contributed by atoms with Gasteiger partial charge in [-0.2, -0.15) is 4.57 Å². The van der Waals surface area contributed by atoms with Gasteiger partial charge in [-0.15, -0.1) is 0 Å². The molecule has 0 spiro atoms. The van der Waals surface area contributed by atoms with Gasteiger partial charge < -0.3 is 4.55 Å². The van der Waals surface area contributed by atoms with Crippen LogP contribution >= 0.6 is 0 Å². The maximum atomic E-state index is 9.08. The van der Waals surface area contributed by atoms with Gasteiger partial charge in [-0.25, -0.2) is 8.42 Å². The lowest BCUT2D eigenvalue weighted by Gasteiger charge is -1.90. The van der Waals surface area contributed by atoms with Crippen LogP contribution in [0.5, 0.6) is 0 Å². The molecule has 1 heterocycles. The van der Waals surface area contributed by atoms with Gasteiger partial charge in [0.15, 0.2) is 6.20 Å². The Morgan fingerprint density at radius 3 is 2.10 bits per heavy atom. The highest BCUT2D eigenvalue weighted by atomic mass is 32.2. The minimum absolute atomic E-state index is 0.604. The van der Waals surface area contributed by atoms with E-state index in [-0.39, 0.29) is 0 Å². The zero-order valence-electron chi connectivity index (χ0n) is 11.3. The summed E-state index contributed by atoms with van der Waals surface area (Å²) >= 11 is 0. The third-order valence-corrected chi connectivity index (χ3v) is 2.16. The van der Waals surface area contributed by atoms with Crippen molar-refractivity contribution in [1.29, 1.82) is 0 Å². The molecule has 0 saturated heterocycles. The molecule has 1 aromatic heterocycles. The molecule has 104 valence electrons. The molecule has 0 saturated carbocycles. The monoisotopic (exact) mass is 289 g/mol. The average molecular weight is 289 g/mol. The maximum absolute atomic E-state index is 9.08. The largest absolute Gasteiger partial charge is 0.748 e. The molecule has 2 rings (SSSR count). The Morgan fingerprint density at radius 2 is 1.55 bits per heavy atom. The van der Waals surface area contributed by atoms with Crippen LogP contribution in [-0.2, 0) is 17.2 Å². The van der Waals surface area contributed by atoms with Gasteiger partial charge in [0.2, 0.25) is 0 Å². The third-order valence-electron chi connectivity index (χ3n) is 2.16. The number of benzene rings is 1. The molecule has 0 aliphatic carbocycles. The Hall–Kier alpha value is -2.16. The van der Waals surface area contributed by atoms with Gasteiger partial charge in [-0.1, -0.05) is 24.1 Å². The van der Waals surface area contributed by atoms with Crippen LogP contribution in [-0.4, -0.2) is 19.2 Å². The molecule has 0 radical (unpaired) electrons. The molecular formula is C15H15NO3S. The highest BCUT2D eigenvalue weighted by Crippen LogP contribution is 1.95. The van der Waals surface area contributed by atoms with Crippen LogP contribution in [0.2, 0.25) is 0 Å². The van der Waals surface area contributed by atoms with Crippen molar-refractivity contribution in [3.05, 3.63) is 66.0 Å². The molecule has 0 bridgehead atoms. The van der Waals surface area contributed by atoms with E-state index >= 15 is 0 Å². The number of hydrogen-bond acceptors (Lipinski definition) is 3. The van der Waals surface area contributed by atoms with Gasteiger partial charge in [-0.3, -0.25) is 0 Å². The molecule has 0 aliphatic heterocycles. The predicted molar refractivity (Wildman–Crippen MR) is 75.7 cm³/mol. The van der Waals surface area contributed by atoms with Crippen LogP contribution in [0.1, 0.15) is 11.3 Å². The summed E-state index contributed by atoms with van der Waals surface area (Å²) < 4.78 is 29.2. The molecule has 1 aromatic carbocycles. The molecule has 5 heteroatoms. The van der Waals surface area contributed by atoms with E-state index in [0.717, 1.165) is 11.3 Å². The number of rotatable bonds is 0. The van der Waals surface area contributed by atoms with E-state index in [9.17, 15) is 0 Å². The summed E-state index contributed by atoms with van der Waals surface area (Å²) in [5.74, 6) is 6.27. The first-order valence-electron chi connectivity index (χ1n) is 5.79. The van der Waals surface area contributed by atoms with Crippen LogP contribution < -0.4 is 4.57 Å². The second-order valence-corrected chi connectivity index (χ2v) is 5.43. The zero-order chi connectivity index (χ0) is 15.0. The SMILES string of the molecule is CS(=O)(=O)[O-].C[n+]1ccccc1C#Cc1ccccc1. The van der Waals surface area contributed by atoms with Crippen LogP contribution in [0, 0.1) is 11.8 Å². The van der Waals surface area contributed by atoms with Gasteiger partial charge in [0, 0.05) is 29.9 Å². The standard InChI is InChI=1S/C14H12N.CH4O3S/c1-15-12-6-5-9-14(15)11-10-13-7-3-2-4-8-13;1-5(2,3)4/h2-9,12H,1H3;1H3,(H,2,3,4)/q+1;/p-1. The second kappa shape index (κ2) is 7.43. The van der Waals surface area contributed by atoms with Crippen molar-refractivity contribution in [2.24, 2.45) is 7.05 Å². The molecule has 2 aromatic rings. The average Bonchev–Trinajstić information content (AvgIpc) is 2.37. The van der Waals surface area contributed by atoms with Gasteiger partial charge in [0.25, 0.3) is 5.69 Å². The van der Waals surface area contributed by atoms with E-state index in [2.05, 4.69) is 11.8 Å². The van der Waals surface area contributed by atoms with Crippen molar-refractivity contribution in [3.8, 4) is 11.8 Å². The summed E-state index contributed by atoms with van der Waals surface area (Å²) in [6.07, 6.45) is 2.60. The highest BCUT2D eigenvalue weighted by Gasteiger charge is 1.97. The van der Waals surface area contributed by atoms with Gasteiger partial charge >= 0.3 is 0 Å². The van der Waals surface area contributed by atoms with E-state index in [1.807, 2.05) is 66.3 Å². The molecule has 0 amide bonds. The molecule has 20 heavy (non-hydrogen) atoms. The topological polar surface area (TPSA) is 61.1 Å². The first kappa shape index (κ1) is 15.9. The van der Waals surface area contributed by atoms with Crippen molar-refractivity contribution in [2.45, 2.75) is 0 Å². The summed E-state index contributed by atoms with van der Waals surface area (Å²) in [5.41, 5.74) is 2.06. The summed E-state index contributed by atoms with van der Waals surface area (Å²) in [4.78, 5) is 0. The third kappa shape index (κ3) is 7.31. The lowest BCUT2D eigenvalue weighted by atomic mass is 10.2. The fourth-order valence-electron chi connectivity index (χ4n) is 1.31. The molecule has 0 atom stereocenters. The fraction of sp³-hybridized carbons (Fsp3) is 0.133. The first-order chi connectivity index (χ1) is 9.36. The number of pyridine rings is 1. The quantitative estimate of drug-likeness (QED) is 0.414. The van der Waals surface area contributed by atoms with E-state index in [1.54, 1.807) is 0 Å². The highest BCUT2D eigenvalue weighted by molar-refractivity contribution is 7.84. The number of hydrogen-bond donors (Lipinski definition) is 0. The number of nitrogens with zero attached hydrogens (tertiary/aromatic N) is 1. The van der Waals surface area contributed by atoms with E-state index in [4.69, 9.17) is 13.0 Å². The number of aryl methyl sites for hydroxylation is 1. The Labute approximate surface area is 119 Å². The molecule has 4 nitrogen and oxygen atoms in total. The summed E-state index contributed by atoms with van der Waals surface area (Å²) in [7, 11) is -1.92. The summed E-state index contributed by atoms with van der Waals surface area (Å²) in [6.45, 7) is 0. The maximum Gasteiger partial charge on any atom is 0.256 e. The van der Waals surface area contributed by atoms with Crippen LogP contribution in [0.25, 0.3) is 0 Å². The molecule has 0 unspecified atom stereocenters. The minimum atomic E-state index is -3.92. The molecular weight excluding hydrogens is 274 g/mol. The van der Waals surface area contributed by atoms with Crippen LogP contribution in [0.15, 0.2) is 54.7 Å². The van der Waals surface area contributed by atoms with Gasteiger partial charge in [-0.05, 0) is 18.2 Å². The van der Waals surface area contributed by atoms with E-state index in [0.29, 0.717) is 6.26 Å². The van der Waals surface area contributed by atoms with Crippen LogP contribution in [0.3, 0.4) is 0 Å². The second-order valence-electron chi connectivity index (χ2n) is 4.02. The van der Waals surface area contributed by atoms with Gasteiger partial charge in [0.1, 0.15) is 7.05 Å².